The van der Waals surface area contributed by atoms with E-state index in [0.717, 1.165) is 11.8 Å². The number of benzene rings is 1. The minimum absolute atomic E-state index is 0.222. The van der Waals surface area contributed by atoms with Crippen LogP contribution in [0.4, 0.5) is 5.69 Å². The fourth-order valence-electron chi connectivity index (χ4n) is 1.78. The summed E-state index contributed by atoms with van der Waals surface area (Å²) >= 11 is 0. The average molecular weight is 334 g/mol. The van der Waals surface area contributed by atoms with E-state index < -0.39 is 19.9 Å². The van der Waals surface area contributed by atoms with Gasteiger partial charge in [0.1, 0.15) is 9.84 Å². The molecule has 1 rings (SSSR count). The van der Waals surface area contributed by atoms with Crippen LogP contribution in [-0.4, -0.2) is 45.4 Å². The molecule has 0 heterocycles. The van der Waals surface area contributed by atoms with Gasteiger partial charge in [0.25, 0.3) is 0 Å². The fourth-order valence-corrected chi connectivity index (χ4v) is 4.90. The highest BCUT2D eigenvalue weighted by molar-refractivity contribution is 7.93. The number of hydrogen-bond acceptors (Lipinski definition) is 5. The van der Waals surface area contributed by atoms with Gasteiger partial charge in [-0.2, -0.15) is 4.31 Å². The van der Waals surface area contributed by atoms with Gasteiger partial charge < -0.3 is 5.73 Å². The van der Waals surface area contributed by atoms with E-state index in [-0.39, 0.29) is 18.1 Å². The quantitative estimate of drug-likeness (QED) is 0.711. The molecular weight excluding hydrogens is 312 g/mol. The average Bonchev–Trinajstić information content (AvgIpc) is 2.38. The second-order valence-corrected chi connectivity index (χ2v) is 9.37. The summed E-state index contributed by atoms with van der Waals surface area (Å²) in [5, 5.41) is 0. The zero-order chi connectivity index (χ0) is 16.1. The van der Waals surface area contributed by atoms with Gasteiger partial charge in [-0.25, -0.2) is 16.8 Å². The molecule has 0 bridgehead atoms. The Balaban J connectivity index is 2.86. The molecule has 0 atom stereocenters. The van der Waals surface area contributed by atoms with Gasteiger partial charge in [0.2, 0.25) is 10.0 Å². The van der Waals surface area contributed by atoms with Crippen molar-refractivity contribution in [1.29, 1.82) is 0 Å². The summed E-state index contributed by atoms with van der Waals surface area (Å²) < 4.78 is 48.2. The van der Waals surface area contributed by atoms with Crippen LogP contribution < -0.4 is 5.73 Å². The Labute approximate surface area is 126 Å². The summed E-state index contributed by atoms with van der Waals surface area (Å²) in [6.07, 6.45) is 1.69. The van der Waals surface area contributed by atoms with E-state index in [1.807, 2.05) is 6.92 Å². The Morgan fingerprint density at radius 1 is 1.05 bits per heavy atom. The van der Waals surface area contributed by atoms with Crippen LogP contribution in [0.5, 0.6) is 0 Å². The van der Waals surface area contributed by atoms with Crippen LogP contribution in [0.15, 0.2) is 24.3 Å². The van der Waals surface area contributed by atoms with Gasteiger partial charge >= 0.3 is 0 Å². The predicted octanol–water partition coefficient (Wildman–Crippen LogP) is 0.855. The Bertz CT molecular complexity index is 652. The molecule has 0 radical (unpaired) electrons. The molecular formula is C13H22N2O4S2. The molecule has 8 heteroatoms. The van der Waals surface area contributed by atoms with Crippen molar-refractivity contribution >= 4 is 25.5 Å². The number of nitrogen functional groups attached to an aromatic ring is 1. The molecule has 2 N–H and O–H groups in total. The number of anilines is 1. The van der Waals surface area contributed by atoms with E-state index in [1.165, 1.54) is 4.31 Å². The van der Waals surface area contributed by atoms with E-state index in [4.69, 9.17) is 5.73 Å². The first-order valence-corrected chi connectivity index (χ1v) is 10.3. The van der Waals surface area contributed by atoms with Crippen molar-refractivity contribution in [2.45, 2.75) is 19.9 Å². The summed E-state index contributed by atoms with van der Waals surface area (Å²) in [5.41, 5.74) is 7.03. The second-order valence-electron chi connectivity index (χ2n) is 5.02. The van der Waals surface area contributed by atoms with Gasteiger partial charge in [-0.05, 0) is 24.1 Å². The molecule has 0 amide bonds. The van der Waals surface area contributed by atoms with Gasteiger partial charge in [-0.1, -0.05) is 19.1 Å². The number of nitrogens with two attached hydrogens (primary N) is 1. The lowest BCUT2D eigenvalue weighted by Gasteiger charge is -2.21. The first-order valence-electron chi connectivity index (χ1n) is 6.64. The summed E-state index contributed by atoms with van der Waals surface area (Å²) in [6.45, 7) is 2.46. The molecule has 0 saturated heterocycles. The molecule has 1 aromatic carbocycles. The largest absolute Gasteiger partial charge is 0.399 e. The van der Waals surface area contributed by atoms with Crippen molar-refractivity contribution in [1.82, 2.24) is 4.31 Å². The third-order valence-electron chi connectivity index (χ3n) is 2.92. The lowest BCUT2D eigenvalue weighted by Crippen LogP contribution is -2.35. The molecule has 0 aliphatic heterocycles. The summed E-state index contributed by atoms with van der Waals surface area (Å²) in [6, 6.07) is 6.96. The third kappa shape index (κ3) is 6.45. The highest BCUT2D eigenvalue weighted by Crippen LogP contribution is 2.13. The van der Waals surface area contributed by atoms with Crippen LogP contribution >= 0.6 is 0 Å². The van der Waals surface area contributed by atoms with Crippen molar-refractivity contribution in [3.05, 3.63) is 29.8 Å². The molecule has 0 aliphatic rings. The highest BCUT2D eigenvalue weighted by atomic mass is 32.2. The summed E-state index contributed by atoms with van der Waals surface area (Å²) in [5.74, 6) is -0.752. The second kappa shape index (κ2) is 7.24. The van der Waals surface area contributed by atoms with E-state index in [9.17, 15) is 16.8 Å². The maximum Gasteiger partial charge on any atom is 0.215 e. The predicted molar refractivity (Wildman–Crippen MR) is 85.1 cm³/mol. The van der Waals surface area contributed by atoms with Gasteiger partial charge in [-0.3, -0.25) is 0 Å². The van der Waals surface area contributed by atoms with Gasteiger partial charge in [0.15, 0.2) is 0 Å². The molecule has 120 valence electrons. The highest BCUT2D eigenvalue weighted by Gasteiger charge is 2.23. The zero-order valence-corrected chi connectivity index (χ0v) is 14.0. The van der Waals surface area contributed by atoms with Crippen molar-refractivity contribution in [2.75, 3.05) is 30.0 Å². The monoisotopic (exact) mass is 334 g/mol. The summed E-state index contributed by atoms with van der Waals surface area (Å²) in [7, 11) is -6.91. The SMILES string of the molecule is CCCN(Cc1ccc(N)cc1)S(=O)(=O)CCS(C)(=O)=O. The lowest BCUT2D eigenvalue weighted by atomic mass is 10.2. The van der Waals surface area contributed by atoms with Crippen molar-refractivity contribution in [3.63, 3.8) is 0 Å². The first-order chi connectivity index (χ1) is 9.64. The van der Waals surface area contributed by atoms with Gasteiger partial charge in [-0.15, -0.1) is 0 Å². The number of sulfone groups is 1. The maximum atomic E-state index is 12.3. The number of rotatable bonds is 8. The molecule has 0 fully saturated rings. The fraction of sp³-hybridized carbons (Fsp3) is 0.538. The topological polar surface area (TPSA) is 97.5 Å². The molecule has 0 aliphatic carbocycles. The van der Waals surface area contributed by atoms with Crippen molar-refractivity contribution < 1.29 is 16.8 Å². The van der Waals surface area contributed by atoms with Crippen LogP contribution in [0.25, 0.3) is 0 Å². The van der Waals surface area contributed by atoms with E-state index in [1.54, 1.807) is 24.3 Å². The van der Waals surface area contributed by atoms with Crippen LogP contribution in [-0.2, 0) is 26.4 Å². The van der Waals surface area contributed by atoms with Crippen LogP contribution in [0, 0.1) is 0 Å². The van der Waals surface area contributed by atoms with E-state index >= 15 is 0 Å². The number of hydrogen-bond donors (Lipinski definition) is 1. The smallest absolute Gasteiger partial charge is 0.215 e. The molecule has 21 heavy (non-hydrogen) atoms. The Morgan fingerprint density at radius 2 is 1.62 bits per heavy atom. The third-order valence-corrected chi connectivity index (χ3v) is 5.94. The van der Waals surface area contributed by atoms with Gasteiger partial charge in [0, 0.05) is 25.0 Å². The van der Waals surface area contributed by atoms with E-state index in [0.29, 0.717) is 18.7 Å². The minimum atomic E-state index is -3.60. The van der Waals surface area contributed by atoms with Crippen LogP contribution in [0.2, 0.25) is 0 Å². The van der Waals surface area contributed by atoms with Crippen molar-refractivity contribution in [2.24, 2.45) is 0 Å². The Hall–Kier alpha value is -1.12. The normalized spacial score (nSPS) is 12.7. The molecule has 6 nitrogen and oxygen atoms in total. The first kappa shape index (κ1) is 17.9. The Morgan fingerprint density at radius 3 is 2.10 bits per heavy atom. The van der Waals surface area contributed by atoms with Gasteiger partial charge in [0.05, 0.1) is 11.5 Å². The standard InChI is InChI=1S/C13H22N2O4S2/c1-3-8-15(11-12-4-6-13(14)7-5-12)21(18,19)10-9-20(2,16)17/h4-7H,3,8-11,14H2,1-2H3. The van der Waals surface area contributed by atoms with E-state index in [2.05, 4.69) is 0 Å². The number of nitrogens with zero attached hydrogens (tertiary/aromatic N) is 1. The van der Waals surface area contributed by atoms with Crippen molar-refractivity contribution in [3.8, 4) is 0 Å². The lowest BCUT2D eigenvalue weighted by molar-refractivity contribution is 0.406. The Kier molecular flexibility index (Phi) is 6.18. The van der Waals surface area contributed by atoms with Crippen LogP contribution in [0.3, 0.4) is 0 Å². The van der Waals surface area contributed by atoms with Crippen LogP contribution in [0.1, 0.15) is 18.9 Å². The maximum absolute atomic E-state index is 12.3. The molecule has 0 saturated carbocycles. The molecule has 0 spiro atoms. The molecule has 0 aromatic heterocycles. The number of sulfonamides is 1. The summed E-state index contributed by atoms with van der Waals surface area (Å²) in [4.78, 5) is 0. The zero-order valence-electron chi connectivity index (χ0n) is 12.3. The molecule has 1 aromatic rings. The molecule has 0 unspecified atom stereocenters. The minimum Gasteiger partial charge on any atom is -0.399 e.